The number of hydrogen-bond acceptors (Lipinski definition) is 8. The number of likely N-dealkylation sites (tertiary alicyclic amines) is 1. The number of aliphatic carboxylic acids is 1. The van der Waals surface area contributed by atoms with Crippen LogP contribution in [0, 0.1) is 0 Å². The Morgan fingerprint density at radius 3 is 2.48 bits per heavy atom. The number of methoxy groups -OCH3 is 1. The van der Waals surface area contributed by atoms with Crippen LogP contribution in [0.1, 0.15) is 35.6 Å². The van der Waals surface area contributed by atoms with Crippen molar-refractivity contribution >= 4 is 11.9 Å². The molecular weight excluding hydrogens is 535 g/mol. The molecule has 3 N–H and O–H groups in total. The molecule has 2 aromatic carbocycles. The number of benzene rings is 2. The number of carboxylic acid groups (broad SMARTS) is 1. The number of aliphatic hydroxyl groups is 2. The number of carboxylic acids is 1. The van der Waals surface area contributed by atoms with Crippen molar-refractivity contribution in [2.24, 2.45) is 0 Å². The number of hydrogen-bond donors (Lipinski definition) is 3. The summed E-state index contributed by atoms with van der Waals surface area (Å²) in [5, 5.41) is 29.9. The molecule has 0 saturated carbocycles. The summed E-state index contributed by atoms with van der Waals surface area (Å²) in [6, 6.07) is 12.6. The zero-order chi connectivity index (χ0) is 29.0. The van der Waals surface area contributed by atoms with Crippen molar-refractivity contribution in [2.75, 3.05) is 20.7 Å². The van der Waals surface area contributed by atoms with E-state index in [2.05, 4.69) is 11.0 Å². The molecule has 1 fully saturated rings. The highest BCUT2D eigenvalue weighted by Gasteiger charge is 2.72. The zero-order valence-electron chi connectivity index (χ0n) is 21.6. The van der Waals surface area contributed by atoms with Gasteiger partial charge in [0.15, 0.2) is 23.7 Å². The van der Waals surface area contributed by atoms with Gasteiger partial charge in [0.1, 0.15) is 5.76 Å². The number of alkyl halides is 3. The van der Waals surface area contributed by atoms with Gasteiger partial charge in [0.25, 0.3) is 0 Å². The van der Waals surface area contributed by atoms with Crippen LogP contribution < -0.4 is 9.47 Å². The van der Waals surface area contributed by atoms with E-state index in [0.717, 1.165) is 17.7 Å². The standard InChI is InChI=1S/C26H27NO6.C2HF3O2/c1-27-13-12-25-20-16-8-9-17(31-2)22(20)33-23(25)18(10-11-26(25,30)19(27)14-16)32-24(29)21(28)15-6-4-3-5-7-15;3-2(4,5)1(6)7/h3-10,19,21,23,28,30H,11-14H2,1-2H3;(H,6,7)/t19?,21-,23+,25+,26+;/m1./s1. The average molecular weight is 564 g/mol. The van der Waals surface area contributed by atoms with Crippen LogP contribution in [-0.4, -0.2) is 76.8 Å². The summed E-state index contributed by atoms with van der Waals surface area (Å²) >= 11 is 0. The third-order valence-corrected chi connectivity index (χ3v) is 8.36. The number of esters is 1. The Morgan fingerprint density at radius 2 is 1.85 bits per heavy atom. The highest BCUT2D eigenvalue weighted by atomic mass is 19.4. The molecule has 6 rings (SSSR count). The number of carbonyl (C=O) groups is 2. The fourth-order valence-corrected chi connectivity index (χ4v) is 6.53. The minimum atomic E-state index is -5.08. The lowest BCUT2D eigenvalue weighted by Crippen LogP contribution is -2.74. The minimum absolute atomic E-state index is 0.0763. The molecule has 0 amide bonds. The van der Waals surface area contributed by atoms with Crippen LogP contribution in [0.2, 0.25) is 0 Å². The molecule has 2 aliphatic carbocycles. The van der Waals surface area contributed by atoms with Crippen LogP contribution in [0.3, 0.4) is 0 Å². The van der Waals surface area contributed by atoms with Crippen LogP contribution in [0.15, 0.2) is 54.3 Å². The molecule has 0 aromatic heterocycles. The summed E-state index contributed by atoms with van der Waals surface area (Å²) in [5.41, 5.74) is 0.757. The van der Waals surface area contributed by atoms with Crippen molar-refractivity contribution in [1.29, 1.82) is 0 Å². The van der Waals surface area contributed by atoms with Crippen LogP contribution >= 0.6 is 0 Å². The van der Waals surface area contributed by atoms with E-state index in [1.54, 1.807) is 37.5 Å². The van der Waals surface area contributed by atoms with Gasteiger partial charge in [0, 0.05) is 18.0 Å². The van der Waals surface area contributed by atoms with Gasteiger partial charge in [0.05, 0.1) is 18.1 Å². The quantitative estimate of drug-likeness (QED) is 0.482. The van der Waals surface area contributed by atoms with Crippen molar-refractivity contribution in [3.63, 3.8) is 0 Å². The number of ether oxygens (including phenoxy) is 3. The summed E-state index contributed by atoms with van der Waals surface area (Å²) in [5.74, 6) is -1.95. The second-order valence-electron chi connectivity index (χ2n) is 10.3. The van der Waals surface area contributed by atoms with Gasteiger partial charge in [-0.1, -0.05) is 36.4 Å². The first-order valence-corrected chi connectivity index (χ1v) is 12.6. The first-order chi connectivity index (χ1) is 18.8. The molecule has 1 unspecified atom stereocenters. The van der Waals surface area contributed by atoms with E-state index in [9.17, 15) is 28.2 Å². The molecule has 4 aliphatic rings. The molecule has 9 nitrogen and oxygen atoms in total. The third kappa shape index (κ3) is 4.13. The molecule has 12 heteroatoms. The number of likely N-dealkylation sites (N-methyl/N-ethyl adjacent to an activating group) is 1. The Hall–Kier alpha value is -3.61. The number of nitrogens with zero attached hydrogens (tertiary/aromatic N) is 1. The molecule has 2 bridgehead atoms. The van der Waals surface area contributed by atoms with Gasteiger partial charge in [-0.15, -0.1) is 0 Å². The number of halogens is 3. The Labute approximate surface area is 227 Å². The smallest absolute Gasteiger partial charge is 0.490 e. The fourth-order valence-electron chi connectivity index (χ4n) is 6.53. The van der Waals surface area contributed by atoms with Crippen LogP contribution in [0.25, 0.3) is 0 Å². The molecule has 214 valence electrons. The van der Waals surface area contributed by atoms with E-state index in [1.807, 2.05) is 19.2 Å². The monoisotopic (exact) mass is 563 g/mol. The summed E-state index contributed by atoms with van der Waals surface area (Å²) in [6.45, 7) is 0.788. The van der Waals surface area contributed by atoms with Gasteiger partial charge in [0.2, 0.25) is 0 Å². The molecule has 0 radical (unpaired) electrons. The maximum absolute atomic E-state index is 12.9. The SMILES string of the molecule is COc1ccc2c3c1O[C@H]1C(OC(=O)[C@H](O)c4ccccc4)=CC[C@]4(O)C(C2)N(C)CC[C@]314.O=C(O)C(F)(F)F. The molecular formula is C28H28F3NO8. The number of rotatable bonds is 4. The van der Waals surface area contributed by atoms with E-state index >= 15 is 0 Å². The van der Waals surface area contributed by atoms with Gasteiger partial charge >= 0.3 is 18.1 Å². The summed E-state index contributed by atoms with van der Waals surface area (Å²) < 4.78 is 49.6. The van der Waals surface area contributed by atoms with Gasteiger partial charge in [-0.25, -0.2) is 9.59 Å². The number of aliphatic hydroxyl groups excluding tert-OH is 1. The number of piperidine rings is 1. The van der Waals surface area contributed by atoms with Gasteiger partial charge in [-0.3, -0.25) is 0 Å². The molecule has 1 spiro atoms. The molecule has 5 atom stereocenters. The van der Waals surface area contributed by atoms with Crippen molar-refractivity contribution < 1.29 is 52.3 Å². The van der Waals surface area contributed by atoms with E-state index < -0.39 is 41.3 Å². The van der Waals surface area contributed by atoms with Crippen LogP contribution in [0.4, 0.5) is 13.2 Å². The van der Waals surface area contributed by atoms with Crippen molar-refractivity contribution in [3.05, 3.63) is 71.0 Å². The molecule has 2 aliphatic heterocycles. The highest BCUT2D eigenvalue weighted by Crippen LogP contribution is 2.65. The summed E-state index contributed by atoms with van der Waals surface area (Å²) in [6.07, 6.45) is -3.70. The topological polar surface area (TPSA) is 126 Å². The molecule has 2 aromatic rings. The molecule has 40 heavy (non-hydrogen) atoms. The first kappa shape index (κ1) is 27.9. The minimum Gasteiger partial charge on any atom is -0.493 e. The van der Waals surface area contributed by atoms with E-state index in [1.165, 1.54) is 0 Å². The summed E-state index contributed by atoms with van der Waals surface area (Å²) in [7, 11) is 3.64. The van der Waals surface area contributed by atoms with Gasteiger partial charge in [-0.2, -0.15) is 13.2 Å². The van der Waals surface area contributed by atoms with Crippen molar-refractivity contribution in [2.45, 2.75) is 54.7 Å². The predicted octanol–water partition coefficient (Wildman–Crippen LogP) is 2.88. The Kier molecular flexibility index (Phi) is 6.84. The second kappa shape index (κ2) is 9.79. The average Bonchev–Trinajstić information content (AvgIpc) is 3.28. The zero-order valence-corrected chi connectivity index (χ0v) is 21.6. The lowest BCUT2D eigenvalue weighted by atomic mass is 9.50. The maximum atomic E-state index is 12.9. The third-order valence-electron chi connectivity index (χ3n) is 8.36. The van der Waals surface area contributed by atoms with Crippen molar-refractivity contribution in [1.82, 2.24) is 4.90 Å². The van der Waals surface area contributed by atoms with Crippen LogP contribution in [-0.2, 0) is 26.2 Å². The van der Waals surface area contributed by atoms with Crippen LogP contribution in [0.5, 0.6) is 11.5 Å². The van der Waals surface area contributed by atoms with E-state index in [4.69, 9.17) is 24.1 Å². The normalized spacial score (nSPS) is 28.6. The largest absolute Gasteiger partial charge is 0.493 e. The van der Waals surface area contributed by atoms with Crippen molar-refractivity contribution in [3.8, 4) is 11.5 Å². The lowest BCUT2D eigenvalue weighted by Gasteiger charge is -2.61. The van der Waals surface area contributed by atoms with E-state index in [-0.39, 0.29) is 6.04 Å². The Bertz CT molecular complexity index is 1360. The summed E-state index contributed by atoms with van der Waals surface area (Å²) in [4.78, 5) is 24.0. The second-order valence-corrected chi connectivity index (χ2v) is 10.3. The molecule has 1 saturated heterocycles. The highest BCUT2D eigenvalue weighted by molar-refractivity contribution is 5.78. The maximum Gasteiger partial charge on any atom is 0.490 e. The van der Waals surface area contributed by atoms with Gasteiger partial charge in [-0.05, 0) is 49.7 Å². The first-order valence-electron chi connectivity index (χ1n) is 12.6. The van der Waals surface area contributed by atoms with E-state index in [0.29, 0.717) is 42.1 Å². The molecule has 2 heterocycles. The van der Waals surface area contributed by atoms with Gasteiger partial charge < -0.3 is 34.4 Å². The predicted molar refractivity (Wildman–Crippen MR) is 133 cm³/mol. The number of carbonyl (C=O) groups excluding carboxylic acids is 1. The Morgan fingerprint density at radius 1 is 1.18 bits per heavy atom. The fraction of sp³-hybridized carbons (Fsp3) is 0.429. The lowest BCUT2D eigenvalue weighted by molar-refractivity contribution is -0.192. The Balaban J connectivity index is 0.000000411.